The summed E-state index contributed by atoms with van der Waals surface area (Å²) in [5.74, 6) is -0.777. The predicted molar refractivity (Wildman–Crippen MR) is 132 cm³/mol. The predicted octanol–water partition coefficient (Wildman–Crippen LogP) is 4.90. The van der Waals surface area contributed by atoms with Crippen LogP contribution in [0.3, 0.4) is 0 Å². The molecule has 8 atom stereocenters. The fourth-order valence-corrected chi connectivity index (χ4v) is 5.88. The highest BCUT2D eigenvalue weighted by Gasteiger charge is 2.51. The summed E-state index contributed by atoms with van der Waals surface area (Å²) in [5.41, 5.74) is 1.55. The number of allylic oxidation sites excluding steroid dienone is 2. The highest BCUT2D eigenvalue weighted by molar-refractivity contribution is 5.90. The Morgan fingerprint density at radius 3 is 1.39 bits per heavy atom. The zero-order chi connectivity index (χ0) is 25.5. The molecule has 2 aliphatic rings. The van der Waals surface area contributed by atoms with E-state index in [1.807, 2.05) is 13.8 Å². The van der Waals surface area contributed by atoms with E-state index in [-0.39, 0.29) is 22.7 Å². The summed E-state index contributed by atoms with van der Waals surface area (Å²) in [4.78, 5) is 26.8. The van der Waals surface area contributed by atoms with Crippen LogP contribution in [0.1, 0.15) is 82.1 Å². The number of aliphatic hydroxyl groups excluding tert-OH is 2. The molecule has 33 heavy (non-hydrogen) atoms. The molecule has 0 aromatic carbocycles. The summed E-state index contributed by atoms with van der Waals surface area (Å²) in [7, 11) is 0. The lowest BCUT2D eigenvalue weighted by Crippen LogP contribution is -2.55. The van der Waals surface area contributed by atoms with E-state index in [9.17, 15) is 19.8 Å². The number of aliphatic hydroxyl groups is 2. The molecule has 5 heteroatoms. The minimum Gasteiger partial charge on any atom is -0.386 e. The second-order valence-electron chi connectivity index (χ2n) is 11.9. The zero-order valence-electron chi connectivity index (χ0n) is 22.3. The van der Waals surface area contributed by atoms with Gasteiger partial charge in [0, 0.05) is 11.8 Å². The highest BCUT2D eigenvalue weighted by Crippen LogP contribution is 2.51. The van der Waals surface area contributed by atoms with Crippen molar-refractivity contribution in [2.75, 3.05) is 0 Å². The smallest absolute Gasteiger partial charge is 0.190 e. The van der Waals surface area contributed by atoms with Crippen LogP contribution in [-0.4, -0.2) is 46.2 Å². The second-order valence-corrected chi connectivity index (χ2v) is 11.9. The molecule has 0 bridgehead atoms. The third kappa shape index (κ3) is 5.36. The van der Waals surface area contributed by atoms with Gasteiger partial charge in [0.1, 0.15) is 24.4 Å². The Morgan fingerprint density at radius 1 is 0.818 bits per heavy atom. The maximum atomic E-state index is 13.4. The fourth-order valence-electron chi connectivity index (χ4n) is 5.88. The first-order valence-corrected chi connectivity index (χ1v) is 12.5. The summed E-state index contributed by atoms with van der Waals surface area (Å²) in [6.45, 7) is 19.8. The Kier molecular flexibility index (Phi) is 8.58. The van der Waals surface area contributed by atoms with Crippen molar-refractivity contribution >= 4 is 11.6 Å². The van der Waals surface area contributed by atoms with E-state index in [0.29, 0.717) is 11.8 Å². The van der Waals surface area contributed by atoms with E-state index in [2.05, 4.69) is 53.7 Å². The van der Waals surface area contributed by atoms with Gasteiger partial charge >= 0.3 is 0 Å². The lowest BCUT2D eigenvalue weighted by atomic mass is 9.59. The molecule has 0 fully saturated rings. The molecule has 0 aromatic heterocycles. The third-order valence-electron chi connectivity index (χ3n) is 8.99. The molecule has 0 radical (unpaired) electrons. The maximum absolute atomic E-state index is 13.4. The van der Waals surface area contributed by atoms with Gasteiger partial charge in [0.2, 0.25) is 0 Å². The Hall–Kier alpha value is -1.30. The van der Waals surface area contributed by atoms with Crippen LogP contribution in [0.15, 0.2) is 23.3 Å². The number of carbonyl (C=O) groups excluding carboxylic acids is 2. The van der Waals surface area contributed by atoms with Crippen LogP contribution < -0.4 is 0 Å². The van der Waals surface area contributed by atoms with E-state index in [1.165, 1.54) is 13.8 Å². The molecule has 0 aliphatic heterocycles. The number of Topliss-reactive ketones (excluding diaryl/α,β-unsaturated/α-hetero) is 2. The van der Waals surface area contributed by atoms with Gasteiger partial charge in [-0.1, -0.05) is 64.8 Å². The van der Waals surface area contributed by atoms with E-state index in [1.54, 1.807) is 0 Å². The summed E-state index contributed by atoms with van der Waals surface area (Å²) >= 11 is 0. The topological polar surface area (TPSA) is 83.8 Å². The number of ketones is 2. The SMILES string of the molecule is CC1=CCC(C)C(C)(C)C1C(OC(C(=O)C(C)O)C1C(C)=CCC(C)C1(C)C)C(=O)C(C)O. The largest absolute Gasteiger partial charge is 0.386 e. The molecule has 0 saturated heterocycles. The van der Waals surface area contributed by atoms with Crippen molar-refractivity contribution in [1.82, 2.24) is 0 Å². The second kappa shape index (κ2) is 10.1. The average molecular weight is 463 g/mol. The van der Waals surface area contributed by atoms with Crippen molar-refractivity contribution in [2.45, 2.75) is 106 Å². The van der Waals surface area contributed by atoms with Crippen LogP contribution in [0.25, 0.3) is 0 Å². The Morgan fingerprint density at radius 2 is 1.12 bits per heavy atom. The maximum Gasteiger partial charge on any atom is 0.190 e. The van der Waals surface area contributed by atoms with E-state index in [0.717, 1.165) is 24.0 Å². The van der Waals surface area contributed by atoms with Gasteiger partial charge in [-0.2, -0.15) is 0 Å². The van der Waals surface area contributed by atoms with Gasteiger partial charge in [-0.05, 0) is 63.2 Å². The monoisotopic (exact) mass is 462 g/mol. The van der Waals surface area contributed by atoms with Gasteiger partial charge in [0.05, 0.1) is 0 Å². The standard InChI is InChI=1S/C28H46O5/c1-15-11-13-17(3)27(7,8)21(15)25(23(31)19(5)29)33-26(24(32)20(6)30)22-16(2)12-14-18(4)28(22,9)10/h11-12,17-22,25-26,29-30H,13-14H2,1-10H3. The molecule has 2 rings (SSSR count). The molecule has 0 heterocycles. The van der Waals surface area contributed by atoms with Crippen LogP contribution in [0.5, 0.6) is 0 Å². The lowest BCUT2D eigenvalue weighted by molar-refractivity contribution is -0.169. The van der Waals surface area contributed by atoms with Crippen LogP contribution in [-0.2, 0) is 14.3 Å². The molecular formula is C28H46O5. The van der Waals surface area contributed by atoms with Gasteiger partial charge < -0.3 is 14.9 Å². The van der Waals surface area contributed by atoms with Crippen molar-refractivity contribution in [3.63, 3.8) is 0 Å². The van der Waals surface area contributed by atoms with Crippen molar-refractivity contribution in [3.05, 3.63) is 23.3 Å². The van der Waals surface area contributed by atoms with Crippen molar-refractivity contribution in [3.8, 4) is 0 Å². The average Bonchev–Trinajstić information content (AvgIpc) is 2.70. The Balaban J connectivity index is 2.64. The first-order chi connectivity index (χ1) is 15.0. The first kappa shape index (κ1) is 27.9. The number of hydrogen-bond donors (Lipinski definition) is 2. The molecule has 8 unspecified atom stereocenters. The molecule has 2 N–H and O–H groups in total. The first-order valence-electron chi connectivity index (χ1n) is 12.5. The molecule has 0 saturated carbocycles. The number of carbonyl (C=O) groups is 2. The molecule has 0 spiro atoms. The van der Waals surface area contributed by atoms with Gasteiger partial charge in [0.25, 0.3) is 0 Å². The van der Waals surface area contributed by atoms with Gasteiger partial charge in [-0.15, -0.1) is 0 Å². The van der Waals surface area contributed by atoms with Gasteiger partial charge in [0.15, 0.2) is 11.6 Å². The van der Waals surface area contributed by atoms with Crippen LogP contribution in [0.2, 0.25) is 0 Å². The van der Waals surface area contributed by atoms with Gasteiger partial charge in [-0.25, -0.2) is 0 Å². The van der Waals surface area contributed by atoms with E-state index >= 15 is 0 Å². The number of hydrogen-bond acceptors (Lipinski definition) is 5. The molecule has 2 aliphatic carbocycles. The Bertz CT molecular complexity index is 735. The van der Waals surface area contributed by atoms with E-state index < -0.39 is 36.0 Å². The van der Waals surface area contributed by atoms with Crippen LogP contribution >= 0.6 is 0 Å². The molecular weight excluding hydrogens is 416 g/mol. The Labute approximate surface area is 200 Å². The minimum atomic E-state index is -1.21. The van der Waals surface area contributed by atoms with Crippen LogP contribution in [0.4, 0.5) is 0 Å². The van der Waals surface area contributed by atoms with Crippen LogP contribution in [0, 0.1) is 34.5 Å². The molecule has 188 valence electrons. The quantitative estimate of drug-likeness (QED) is 0.502. The molecule has 0 amide bonds. The third-order valence-corrected chi connectivity index (χ3v) is 8.99. The molecule has 0 aromatic rings. The van der Waals surface area contributed by atoms with Crippen molar-refractivity contribution in [1.29, 1.82) is 0 Å². The number of rotatable bonds is 8. The zero-order valence-corrected chi connectivity index (χ0v) is 22.3. The van der Waals surface area contributed by atoms with Crippen molar-refractivity contribution < 1.29 is 24.5 Å². The van der Waals surface area contributed by atoms with E-state index in [4.69, 9.17) is 4.74 Å². The summed E-state index contributed by atoms with van der Waals surface area (Å²) in [6, 6.07) is 0. The summed E-state index contributed by atoms with van der Waals surface area (Å²) in [6.07, 6.45) is 1.73. The summed E-state index contributed by atoms with van der Waals surface area (Å²) in [5, 5.41) is 20.6. The minimum absolute atomic E-state index is 0.271. The highest BCUT2D eigenvalue weighted by atomic mass is 16.5. The summed E-state index contributed by atoms with van der Waals surface area (Å²) < 4.78 is 6.58. The van der Waals surface area contributed by atoms with Gasteiger partial charge in [-0.3, -0.25) is 9.59 Å². The lowest BCUT2D eigenvalue weighted by Gasteiger charge is -2.50. The number of ether oxygens (including phenoxy) is 1. The molecule has 5 nitrogen and oxygen atoms in total. The fraction of sp³-hybridized carbons (Fsp3) is 0.786. The van der Waals surface area contributed by atoms with Crippen molar-refractivity contribution in [2.24, 2.45) is 34.5 Å². The normalized spacial score (nSPS) is 32.7.